The number of nitrogens with two attached hydrogens (primary N) is 2. The highest BCUT2D eigenvalue weighted by Gasteiger charge is 2.45. The van der Waals surface area contributed by atoms with Crippen LogP contribution in [0.15, 0.2) is 55.4 Å². The van der Waals surface area contributed by atoms with Crippen LogP contribution in [-0.4, -0.2) is 293 Å². The van der Waals surface area contributed by atoms with Gasteiger partial charge < -0.3 is 126 Å². The topological polar surface area (TPSA) is 681 Å². The number of nitrogens with one attached hydrogen (secondary N) is 17. The van der Waals surface area contributed by atoms with E-state index in [1.807, 2.05) is 0 Å². The smallest absolute Gasteiger partial charge is 0.326 e. The molecule has 18 amide bonds. The average Bonchev–Trinajstić information content (AvgIpc) is 1.73. The predicted molar refractivity (Wildman–Crippen MR) is 491 cm³/mol. The first-order valence-electron chi connectivity index (χ1n) is 46.3. The van der Waals surface area contributed by atoms with Crippen LogP contribution >= 0.6 is 0 Å². The quantitative estimate of drug-likeness (QED) is 0.0259. The number of rotatable bonds is 57. The number of aromatic amines is 2. The summed E-state index contributed by atoms with van der Waals surface area (Å²) in [6.45, 7) is 22.7. The van der Waals surface area contributed by atoms with Crippen molar-refractivity contribution in [2.24, 2.45) is 52.9 Å². The average molecular weight is 1900 g/mol. The fourth-order valence-electron chi connectivity index (χ4n) is 15.4. The number of H-pyrrole nitrogens is 2. The van der Waals surface area contributed by atoms with Crippen LogP contribution in [0.5, 0.6) is 0 Å². The summed E-state index contributed by atoms with van der Waals surface area (Å²) < 4.78 is 0. The number of aliphatic hydroxyl groups excluding tert-OH is 2. The molecule has 750 valence electrons. The summed E-state index contributed by atoms with van der Waals surface area (Å²) in [5.74, 6) is -18.9. The predicted octanol–water partition coefficient (Wildman–Crippen LogP) is -3.71. The molecule has 24 N–H and O–H groups in total. The highest BCUT2D eigenvalue weighted by Crippen LogP contribution is 2.25. The number of likely N-dealkylation sites (tertiary alicyclic amines) is 2. The lowest BCUT2D eigenvalue weighted by molar-refractivity contribution is -0.143. The van der Waals surface area contributed by atoms with Crippen LogP contribution in [0.1, 0.15) is 198 Å². The minimum atomic E-state index is -1.67. The number of aliphatic carboxylic acids is 1. The Morgan fingerprint density at radius 2 is 0.822 bits per heavy atom. The molecule has 0 spiro atoms. The third-order valence-corrected chi connectivity index (χ3v) is 23.3. The van der Waals surface area contributed by atoms with Crippen molar-refractivity contribution in [1.82, 2.24) is 109 Å². The summed E-state index contributed by atoms with van der Waals surface area (Å²) in [7, 11) is 0. The monoisotopic (exact) mass is 1900 g/mol. The minimum absolute atomic E-state index is 0.0135. The second-order valence-corrected chi connectivity index (χ2v) is 36.8. The lowest BCUT2D eigenvalue weighted by Crippen LogP contribution is -2.62. The third-order valence-electron chi connectivity index (χ3n) is 23.3. The van der Waals surface area contributed by atoms with Gasteiger partial charge in [0, 0.05) is 62.6 Å². The lowest BCUT2D eigenvalue weighted by atomic mass is 9.96. The van der Waals surface area contributed by atoms with Crippen molar-refractivity contribution in [3.05, 3.63) is 72.3 Å². The van der Waals surface area contributed by atoms with Gasteiger partial charge in [0.05, 0.1) is 39.0 Å². The van der Waals surface area contributed by atoms with E-state index in [4.69, 9.17) is 11.5 Å². The van der Waals surface area contributed by atoms with Crippen LogP contribution < -0.4 is 91.2 Å². The molecule has 18 atom stereocenters. The lowest BCUT2D eigenvalue weighted by Gasteiger charge is -2.32. The van der Waals surface area contributed by atoms with Gasteiger partial charge in [0.15, 0.2) is 0 Å². The molecule has 2 saturated heterocycles. The van der Waals surface area contributed by atoms with Gasteiger partial charge in [-0.2, -0.15) is 0 Å². The van der Waals surface area contributed by atoms with E-state index < -0.39 is 253 Å². The summed E-state index contributed by atoms with van der Waals surface area (Å²) in [4.78, 5) is 282. The van der Waals surface area contributed by atoms with Crippen LogP contribution in [0.4, 0.5) is 0 Å². The molecule has 0 radical (unpaired) electrons. The Hall–Kier alpha value is -12.5. The minimum Gasteiger partial charge on any atom is -0.480 e. The molecule has 2 aliphatic heterocycles. The molecule has 0 bridgehead atoms. The summed E-state index contributed by atoms with van der Waals surface area (Å²) in [6, 6.07) is -13.5. The molecular weight excluding hydrogens is 1760 g/mol. The van der Waals surface area contributed by atoms with Crippen molar-refractivity contribution in [2.75, 3.05) is 39.4 Å². The number of aromatic nitrogens is 4. The molecule has 2 aliphatic rings. The standard InChI is InChI=1S/C90H143N23O22/c1-16-51(13)73(86(130)96-40-70(117)95-41-71(118)109-72(50(11)12)90(134)135)110-83(127)66(43-115)108-84(128)67-25-21-29-112(67)89(133)65(34-49(9)10)107-81(125)61(35-54-23-19-18-20-24-54)101-75(119)53(15)99-78(122)62(36-55-38-93-44-97-55)103-82(126)63(37-56-39-94-45-98-56)104-80(124)60(32-47(5)6)105-87(131)74(52(14)17-2)111-85(129)68-26-22-30-113(68)88(132)64(33-48(7)8)106-77(121)58(27-28-69(92)116)100-79(123)59(31-46(3)4)102-76(120)57(91)42-114/h18-20,23-24,38-39,44-53,57-68,72-74,114-115H,16-17,21-22,25-37,40-43,91H2,1-15H3,(H2,92,116)(H,93,97)(H,94,98)(H,95,117)(H,96,130)(H,99,122)(H,100,123)(H,101,119)(H,102,120)(H,103,126)(H,104,124)(H,105,131)(H,106,121)(H,107,125)(H,108,128)(H,109,118)(H,110,127)(H,111,129)(H,134,135)/t51-,52-,53-,57-,58-,59-,60-,61-,62-,63-,64-,65-,66?,67-,68-,72-,73-,74-/m0/s1. The molecule has 45 heteroatoms. The van der Waals surface area contributed by atoms with E-state index in [9.17, 15) is 102 Å². The molecule has 4 heterocycles. The Balaban J connectivity index is 1.32. The van der Waals surface area contributed by atoms with Crippen LogP contribution in [-0.2, 0) is 110 Å². The van der Waals surface area contributed by atoms with Gasteiger partial charge in [0.2, 0.25) is 106 Å². The first kappa shape index (κ1) is 113. The maximum atomic E-state index is 15.0. The van der Waals surface area contributed by atoms with Crippen LogP contribution in [0.3, 0.4) is 0 Å². The second kappa shape index (κ2) is 56.0. The Bertz CT molecular complexity index is 4480. The van der Waals surface area contributed by atoms with Gasteiger partial charge >= 0.3 is 5.97 Å². The fraction of sp³-hybridized carbons (Fsp3) is 0.656. The maximum absolute atomic E-state index is 15.0. The van der Waals surface area contributed by atoms with Crippen LogP contribution in [0.2, 0.25) is 0 Å². The van der Waals surface area contributed by atoms with Crippen LogP contribution in [0, 0.1) is 41.4 Å². The number of aliphatic hydroxyl groups is 2. The zero-order valence-corrected chi connectivity index (χ0v) is 79.9. The van der Waals surface area contributed by atoms with Crippen molar-refractivity contribution < 1.29 is 106 Å². The van der Waals surface area contributed by atoms with Crippen LogP contribution in [0.25, 0.3) is 0 Å². The van der Waals surface area contributed by atoms with Gasteiger partial charge in [0.25, 0.3) is 0 Å². The number of imidazole rings is 2. The fourth-order valence-corrected chi connectivity index (χ4v) is 15.4. The number of carbonyl (C=O) groups is 19. The number of benzene rings is 1. The maximum Gasteiger partial charge on any atom is 0.326 e. The molecule has 2 fully saturated rings. The third kappa shape index (κ3) is 37.0. The van der Waals surface area contributed by atoms with Gasteiger partial charge in [-0.3, -0.25) is 86.3 Å². The molecule has 2 aromatic heterocycles. The van der Waals surface area contributed by atoms with E-state index >= 15 is 4.79 Å². The van der Waals surface area contributed by atoms with Crippen molar-refractivity contribution in [1.29, 1.82) is 0 Å². The molecule has 0 aliphatic carbocycles. The molecule has 3 aromatic rings. The molecule has 45 nitrogen and oxygen atoms in total. The number of nitrogens with zero attached hydrogens (tertiary/aromatic N) is 4. The van der Waals surface area contributed by atoms with Gasteiger partial charge in [-0.05, 0) is 112 Å². The zero-order valence-electron chi connectivity index (χ0n) is 79.9. The summed E-state index contributed by atoms with van der Waals surface area (Å²) in [6.07, 6.45) is 5.63. The van der Waals surface area contributed by atoms with E-state index in [0.29, 0.717) is 36.2 Å². The number of primary amides is 1. The van der Waals surface area contributed by atoms with Gasteiger partial charge in [-0.15, -0.1) is 0 Å². The molecule has 5 rings (SSSR count). The number of carboxylic acids is 1. The number of hydrogen-bond donors (Lipinski definition) is 22. The largest absolute Gasteiger partial charge is 0.480 e. The van der Waals surface area contributed by atoms with Gasteiger partial charge in [-0.25, -0.2) is 14.8 Å². The Labute approximate surface area is 786 Å². The van der Waals surface area contributed by atoms with E-state index in [2.05, 4.69) is 99.7 Å². The van der Waals surface area contributed by atoms with E-state index in [1.165, 1.54) is 41.8 Å². The first-order chi connectivity index (χ1) is 63.7. The molecule has 135 heavy (non-hydrogen) atoms. The van der Waals surface area contributed by atoms with Gasteiger partial charge in [-0.1, -0.05) is 140 Å². The number of hydrogen-bond acceptors (Lipinski definition) is 24. The number of amides is 18. The highest BCUT2D eigenvalue weighted by molar-refractivity contribution is 6.02. The number of carbonyl (C=O) groups excluding carboxylic acids is 18. The Morgan fingerprint density at radius 1 is 0.422 bits per heavy atom. The van der Waals surface area contributed by atoms with Crippen molar-refractivity contribution >= 4 is 112 Å². The first-order valence-corrected chi connectivity index (χ1v) is 46.3. The second-order valence-electron chi connectivity index (χ2n) is 36.8. The van der Waals surface area contributed by atoms with E-state index in [1.54, 1.807) is 127 Å². The Kier molecular flexibility index (Phi) is 46.8. The summed E-state index contributed by atoms with van der Waals surface area (Å²) in [5.41, 5.74) is 12.4. The van der Waals surface area contributed by atoms with Crippen molar-refractivity contribution in [2.45, 2.75) is 297 Å². The zero-order chi connectivity index (χ0) is 101. The number of carboxylic acid groups (broad SMARTS) is 1. The van der Waals surface area contributed by atoms with Gasteiger partial charge in [0.1, 0.15) is 96.7 Å². The van der Waals surface area contributed by atoms with Crippen molar-refractivity contribution in [3.8, 4) is 0 Å². The summed E-state index contributed by atoms with van der Waals surface area (Å²) >= 11 is 0. The Morgan fingerprint density at radius 3 is 1.26 bits per heavy atom. The SMILES string of the molecule is CC[C@H](C)[C@H](NC(=O)C(CO)NC(=O)[C@@H]1CCCN1C(=O)[C@H](CC(C)C)NC(=O)[C@H](Cc1ccccc1)NC(=O)[C@H](C)NC(=O)[C@H](Cc1cnc[nH]1)NC(=O)[C@H](Cc1cnc[nH]1)NC(=O)[C@H](CC(C)C)NC(=O)[C@@H](NC(=O)[C@@H]1CCCN1C(=O)[C@H](CC(C)C)NC(=O)[C@H](CCC(N)=O)NC(=O)[C@H](CC(C)C)NC(=O)[C@@H](N)CO)[C@@H](C)CC)C(=O)NCC(=O)NCC(=O)N[C@H](C(=O)O)C(C)C. The molecular formula is C90H143N23O22. The molecule has 1 unspecified atom stereocenters. The van der Waals surface area contributed by atoms with Crippen molar-refractivity contribution in [3.63, 3.8) is 0 Å². The summed E-state index contributed by atoms with van der Waals surface area (Å²) in [5, 5.41) is 68.5. The van der Waals surface area contributed by atoms with E-state index in [0.717, 1.165) is 0 Å². The highest BCUT2D eigenvalue weighted by atomic mass is 16.4. The molecule has 0 saturated carbocycles. The normalized spacial score (nSPS) is 17.2. The van der Waals surface area contributed by atoms with E-state index in [-0.39, 0.29) is 114 Å². The molecule has 1 aromatic carbocycles.